The second-order valence-corrected chi connectivity index (χ2v) is 5.44. The van der Waals surface area contributed by atoms with Crippen molar-refractivity contribution < 1.29 is 5.11 Å². The minimum Gasteiger partial charge on any atom is -0.393 e. The summed E-state index contributed by atoms with van der Waals surface area (Å²) in [7, 11) is 1.96. The highest BCUT2D eigenvalue weighted by molar-refractivity contribution is 9.10. The van der Waals surface area contributed by atoms with E-state index in [-0.39, 0.29) is 6.10 Å². The Morgan fingerprint density at radius 2 is 2.24 bits per heavy atom. The second kappa shape index (κ2) is 6.33. The molecule has 5 heteroatoms. The van der Waals surface area contributed by atoms with Crippen molar-refractivity contribution in [1.82, 2.24) is 0 Å². The van der Waals surface area contributed by atoms with Crippen LogP contribution in [0.15, 0.2) is 22.7 Å². The summed E-state index contributed by atoms with van der Waals surface area (Å²) in [5.74, 6) is 0. The van der Waals surface area contributed by atoms with E-state index < -0.39 is 0 Å². The van der Waals surface area contributed by atoms with Gasteiger partial charge in [-0.05, 0) is 31.5 Å². The molecule has 0 fully saturated rings. The minimum atomic E-state index is -0.308. The molecule has 0 radical (unpaired) electrons. The van der Waals surface area contributed by atoms with Crippen LogP contribution >= 0.6 is 28.1 Å². The summed E-state index contributed by atoms with van der Waals surface area (Å²) in [6.07, 6.45) is 0.401. The van der Waals surface area contributed by atoms with Crippen molar-refractivity contribution in [2.75, 3.05) is 18.5 Å². The standard InChI is InChI=1S/C12H17BrN2OS/c1-8(16)5-6-15(2)11-7-9(13)3-4-10(11)12(14)17/h3-4,7-8,16H,5-6H2,1-2H3,(H2,14,17). The first-order valence-electron chi connectivity index (χ1n) is 5.40. The van der Waals surface area contributed by atoms with Crippen molar-refractivity contribution in [2.24, 2.45) is 5.73 Å². The number of benzene rings is 1. The Hall–Kier alpha value is -0.650. The first kappa shape index (κ1) is 14.4. The zero-order valence-electron chi connectivity index (χ0n) is 9.98. The molecule has 1 atom stereocenters. The van der Waals surface area contributed by atoms with Crippen molar-refractivity contribution in [3.05, 3.63) is 28.2 Å². The number of nitrogens with two attached hydrogens (primary N) is 1. The lowest BCUT2D eigenvalue weighted by atomic mass is 10.1. The molecule has 1 unspecified atom stereocenters. The largest absolute Gasteiger partial charge is 0.393 e. The third-order valence-corrected chi connectivity index (χ3v) is 3.23. The molecule has 0 saturated carbocycles. The van der Waals surface area contributed by atoms with Crippen molar-refractivity contribution >= 4 is 38.8 Å². The third-order valence-electron chi connectivity index (χ3n) is 2.52. The average molecular weight is 317 g/mol. The summed E-state index contributed by atoms with van der Waals surface area (Å²) < 4.78 is 0.983. The van der Waals surface area contributed by atoms with Gasteiger partial charge in [0, 0.05) is 29.3 Å². The van der Waals surface area contributed by atoms with Gasteiger partial charge in [0.25, 0.3) is 0 Å². The van der Waals surface area contributed by atoms with E-state index in [1.54, 1.807) is 6.92 Å². The Bertz CT molecular complexity index is 409. The van der Waals surface area contributed by atoms with Gasteiger partial charge in [-0.2, -0.15) is 0 Å². The molecule has 3 N–H and O–H groups in total. The summed E-state index contributed by atoms with van der Waals surface area (Å²) >= 11 is 8.47. The van der Waals surface area contributed by atoms with E-state index in [4.69, 9.17) is 18.0 Å². The van der Waals surface area contributed by atoms with Crippen LogP contribution in [0.25, 0.3) is 0 Å². The summed E-state index contributed by atoms with van der Waals surface area (Å²) in [6, 6.07) is 5.80. The van der Waals surface area contributed by atoms with Gasteiger partial charge in [-0.25, -0.2) is 0 Å². The zero-order chi connectivity index (χ0) is 13.0. The fourth-order valence-corrected chi connectivity index (χ4v) is 2.05. The Labute approximate surface area is 116 Å². The predicted molar refractivity (Wildman–Crippen MR) is 79.6 cm³/mol. The Morgan fingerprint density at radius 1 is 1.59 bits per heavy atom. The molecule has 0 saturated heterocycles. The van der Waals surface area contributed by atoms with E-state index in [2.05, 4.69) is 15.9 Å². The number of aliphatic hydroxyl groups excluding tert-OH is 1. The number of hydrogen-bond acceptors (Lipinski definition) is 3. The topological polar surface area (TPSA) is 49.5 Å². The van der Waals surface area contributed by atoms with E-state index >= 15 is 0 Å². The molecule has 0 amide bonds. The van der Waals surface area contributed by atoms with Crippen LogP contribution in [0.5, 0.6) is 0 Å². The van der Waals surface area contributed by atoms with Crippen LogP contribution in [-0.4, -0.2) is 29.8 Å². The SMILES string of the molecule is CC(O)CCN(C)c1cc(Br)ccc1C(N)=S. The zero-order valence-corrected chi connectivity index (χ0v) is 12.4. The van der Waals surface area contributed by atoms with Gasteiger partial charge in [-0.3, -0.25) is 0 Å². The highest BCUT2D eigenvalue weighted by Gasteiger charge is 2.10. The smallest absolute Gasteiger partial charge is 0.106 e. The van der Waals surface area contributed by atoms with Crippen LogP contribution in [0.1, 0.15) is 18.9 Å². The maximum absolute atomic E-state index is 9.29. The molecule has 17 heavy (non-hydrogen) atoms. The fourth-order valence-electron chi connectivity index (χ4n) is 1.53. The van der Waals surface area contributed by atoms with Crippen molar-refractivity contribution in [3.63, 3.8) is 0 Å². The number of nitrogens with zero attached hydrogens (tertiary/aromatic N) is 1. The first-order chi connectivity index (χ1) is 7.91. The third kappa shape index (κ3) is 4.26. The number of halogens is 1. The Morgan fingerprint density at radius 3 is 2.76 bits per heavy atom. The lowest BCUT2D eigenvalue weighted by molar-refractivity contribution is 0.187. The van der Waals surface area contributed by atoms with Gasteiger partial charge in [-0.1, -0.05) is 28.1 Å². The lowest BCUT2D eigenvalue weighted by Gasteiger charge is -2.23. The summed E-state index contributed by atoms with van der Waals surface area (Å²) in [5.41, 5.74) is 7.54. The minimum absolute atomic E-state index is 0.308. The summed E-state index contributed by atoms with van der Waals surface area (Å²) in [6.45, 7) is 2.53. The predicted octanol–water partition coefficient (Wildman–Crippen LogP) is 2.29. The summed E-state index contributed by atoms with van der Waals surface area (Å²) in [4.78, 5) is 2.43. The molecule has 0 aliphatic heterocycles. The molecule has 0 aromatic heterocycles. The number of rotatable bonds is 5. The monoisotopic (exact) mass is 316 g/mol. The van der Waals surface area contributed by atoms with Gasteiger partial charge in [0.05, 0.1) is 6.10 Å². The van der Waals surface area contributed by atoms with Crippen LogP contribution in [0.3, 0.4) is 0 Å². The maximum Gasteiger partial charge on any atom is 0.106 e. The molecule has 1 rings (SSSR count). The van der Waals surface area contributed by atoms with Crippen molar-refractivity contribution in [3.8, 4) is 0 Å². The van der Waals surface area contributed by atoms with E-state index in [0.29, 0.717) is 11.4 Å². The maximum atomic E-state index is 9.29. The van der Waals surface area contributed by atoms with Crippen molar-refractivity contribution in [1.29, 1.82) is 0 Å². The number of hydrogen-bond donors (Lipinski definition) is 2. The molecule has 94 valence electrons. The number of anilines is 1. The second-order valence-electron chi connectivity index (χ2n) is 4.08. The van der Waals surface area contributed by atoms with Gasteiger partial charge in [0.2, 0.25) is 0 Å². The molecule has 1 aromatic rings. The van der Waals surface area contributed by atoms with Crippen LogP contribution in [0.4, 0.5) is 5.69 Å². The first-order valence-corrected chi connectivity index (χ1v) is 6.60. The lowest BCUT2D eigenvalue weighted by Crippen LogP contribution is -2.25. The molecule has 0 aliphatic carbocycles. The number of thiocarbonyl (C=S) groups is 1. The van der Waals surface area contributed by atoms with Crippen LogP contribution < -0.4 is 10.6 Å². The molecule has 3 nitrogen and oxygen atoms in total. The number of aliphatic hydroxyl groups is 1. The molecule has 0 aliphatic rings. The van der Waals surface area contributed by atoms with Crippen LogP contribution in [0, 0.1) is 0 Å². The van der Waals surface area contributed by atoms with Gasteiger partial charge in [0.1, 0.15) is 4.99 Å². The van der Waals surface area contributed by atoms with E-state index in [0.717, 1.165) is 22.3 Å². The fraction of sp³-hybridized carbons (Fsp3) is 0.417. The Kier molecular flexibility index (Phi) is 5.36. The highest BCUT2D eigenvalue weighted by atomic mass is 79.9. The highest BCUT2D eigenvalue weighted by Crippen LogP contribution is 2.24. The molecule has 0 heterocycles. The quantitative estimate of drug-likeness (QED) is 0.818. The van der Waals surface area contributed by atoms with Gasteiger partial charge in [-0.15, -0.1) is 0 Å². The normalized spacial score (nSPS) is 12.2. The van der Waals surface area contributed by atoms with Crippen LogP contribution in [0.2, 0.25) is 0 Å². The van der Waals surface area contributed by atoms with E-state index in [1.807, 2.05) is 30.1 Å². The molecular formula is C12H17BrN2OS. The van der Waals surface area contributed by atoms with Gasteiger partial charge < -0.3 is 15.7 Å². The van der Waals surface area contributed by atoms with E-state index in [1.165, 1.54) is 0 Å². The van der Waals surface area contributed by atoms with Gasteiger partial charge in [0.15, 0.2) is 0 Å². The average Bonchev–Trinajstić information content (AvgIpc) is 2.25. The van der Waals surface area contributed by atoms with Crippen molar-refractivity contribution in [2.45, 2.75) is 19.4 Å². The molecule has 0 bridgehead atoms. The molecule has 1 aromatic carbocycles. The summed E-state index contributed by atoms with van der Waals surface area (Å²) in [5, 5.41) is 9.29. The molecular weight excluding hydrogens is 300 g/mol. The molecule has 0 spiro atoms. The van der Waals surface area contributed by atoms with Crippen LogP contribution in [-0.2, 0) is 0 Å². The Balaban J connectivity index is 2.94. The van der Waals surface area contributed by atoms with Gasteiger partial charge >= 0.3 is 0 Å². The van der Waals surface area contributed by atoms with E-state index in [9.17, 15) is 5.11 Å².